The van der Waals surface area contributed by atoms with Gasteiger partial charge in [0.1, 0.15) is 4.32 Å². The Labute approximate surface area is 225 Å². The van der Waals surface area contributed by atoms with Crippen LogP contribution in [-0.4, -0.2) is 40.7 Å². The third-order valence-electron chi connectivity index (χ3n) is 5.83. The van der Waals surface area contributed by atoms with Gasteiger partial charge in [0.25, 0.3) is 5.91 Å². The molecule has 8 heteroatoms. The molecule has 1 heterocycles. The van der Waals surface area contributed by atoms with Gasteiger partial charge in [0.2, 0.25) is 5.91 Å². The van der Waals surface area contributed by atoms with E-state index in [0.29, 0.717) is 34.3 Å². The molecule has 0 spiro atoms. The molecule has 3 aromatic carbocycles. The van der Waals surface area contributed by atoms with Crippen molar-refractivity contribution in [3.63, 3.8) is 0 Å². The number of methoxy groups -OCH3 is 1. The van der Waals surface area contributed by atoms with Crippen molar-refractivity contribution in [1.29, 1.82) is 0 Å². The predicted molar refractivity (Wildman–Crippen MR) is 151 cm³/mol. The average molecular weight is 531 g/mol. The van der Waals surface area contributed by atoms with Crippen molar-refractivity contribution in [2.45, 2.75) is 19.4 Å². The molecule has 0 radical (unpaired) electrons. The summed E-state index contributed by atoms with van der Waals surface area (Å²) >= 11 is 6.68. The molecule has 2 amide bonds. The summed E-state index contributed by atoms with van der Waals surface area (Å²) in [7, 11) is 1.33. The van der Waals surface area contributed by atoms with Gasteiger partial charge in [0.15, 0.2) is 0 Å². The predicted octanol–water partition coefficient (Wildman–Crippen LogP) is 5.69. The summed E-state index contributed by atoms with van der Waals surface area (Å²) < 4.78 is 5.19. The quantitative estimate of drug-likeness (QED) is 0.201. The van der Waals surface area contributed by atoms with Gasteiger partial charge < -0.3 is 9.64 Å². The molecule has 0 unspecified atom stereocenters. The highest BCUT2D eigenvalue weighted by atomic mass is 32.2. The third kappa shape index (κ3) is 6.72. The van der Waals surface area contributed by atoms with Crippen LogP contribution in [0.5, 0.6) is 0 Å². The van der Waals surface area contributed by atoms with E-state index in [-0.39, 0.29) is 18.2 Å². The molecule has 188 valence electrons. The third-order valence-corrected chi connectivity index (χ3v) is 7.21. The Balaban J connectivity index is 1.38. The molecule has 0 atom stereocenters. The number of ether oxygens (including phenoxy) is 1. The van der Waals surface area contributed by atoms with Gasteiger partial charge in [-0.2, -0.15) is 0 Å². The van der Waals surface area contributed by atoms with Crippen molar-refractivity contribution >= 4 is 57.8 Å². The first-order valence-electron chi connectivity index (χ1n) is 11.8. The molecule has 3 aromatic rings. The molecule has 1 saturated heterocycles. The fourth-order valence-corrected chi connectivity index (χ4v) is 5.21. The van der Waals surface area contributed by atoms with Crippen molar-refractivity contribution in [2.75, 3.05) is 18.6 Å². The number of thioether (sulfide) groups is 1. The number of benzene rings is 3. The number of thiocarbonyl (C=S) groups is 1. The van der Waals surface area contributed by atoms with E-state index in [4.69, 9.17) is 17.0 Å². The average Bonchev–Trinajstić information content (AvgIpc) is 3.20. The lowest BCUT2D eigenvalue weighted by atomic mass is 10.1. The molecule has 1 aliphatic heterocycles. The summed E-state index contributed by atoms with van der Waals surface area (Å²) in [4.78, 5) is 41.7. The summed E-state index contributed by atoms with van der Waals surface area (Å²) in [6.07, 6.45) is 2.53. The van der Waals surface area contributed by atoms with Gasteiger partial charge in [-0.15, -0.1) is 0 Å². The Hall–Kier alpha value is -3.75. The van der Waals surface area contributed by atoms with Gasteiger partial charge >= 0.3 is 5.97 Å². The minimum Gasteiger partial charge on any atom is -0.465 e. The number of anilines is 1. The number of hydrogen-bond donors (Lipinski definition) is 0. The lowest BCUT2D eigenvalue weighted by molar-refractivity contribution is -0.123. The fraction of sp³-hybridized carbons (Fsp3) is 0.172. The lowest BCUT2D eigenvalue weighted by Crippen LogP contribution is -2.33. The first kappa shape index (κ1) is 26.3. The van der Waals surface area contributed by atoms with Gasteiger partial charge in [-0.3, -0.25) is 14.5 Å². The zero-order valence-electron chi connectivity index (χ0n) is 20.3. The number of hydrogen-bond acceptors (Lipinski definition) is 6. The van der Waals surface area contributed by atoms with Gasteiger partial charge in [-0.05, 0) is 47.9 Å². The van der Waals surface area contributed by atoms with E-state index in [1.165, 1.54) is 18.9 Å². The number of esters is 1. The second kappa shape index (κ2) is 12.5. The minimum atomic E-state index is -0.415. The molecule has 37 heavy (non-hydrogen) atoms. The smallest absolute Gasteiger partial charge is 0.337 e. The number of para-hydroxylation sites is 1. The lowest BCUT2D eigenvalue weighted by Gasteiger charge is -2.24. The summed E-state index contributed by atoms with van der Waals surface area (Å²) in [5, 5.41) is 0. The standard InChI is InChI=1S/C29H26N2O4S2/c1-35-28(34)23-16-14-21(15-17-23)19-25-27(33)30(29(36)37-25)18-8-13-26(32)31(24-11-6-3-7-12-24)20-22-9-4-2-5-10-22/h2-7,9-12,14-17,19H,8,13,18,20H2,1H3/b25-19-. The topological polar surface area (TPSA) is 66.9 Å². The second-order valence-corrected chi connectivity index (χ2v) is 10.0. The van der Waals surface area contributed by atoms with Gasteiger partial charge in [0, 0.05) is 18.7 Å². The molecule has 1 fully saturated rings. The van der Waals surface area contributed by atoms with E-state index >= 15 is 0 Å². The molecule has 0 aromatic heterocycles. The number of carbonyl (C=O) groups excluding carboxylic acids is 3. The molecule has 6 nitrogen and oxygen atoms in total. The highest BCUT2D eigenvalue weighted by Gasteiger charge is 2.31. The summed E-state index contributed by atoms with van der Waals surface area (Å²) in [5.74, 6) is -0.604. The van der Waals surface area contributed by atoms with Crippen LogP contribution in [0.25, 0.3) is 6.08 Å². The zero-order valence-corrected chi connectivity index (χ0v) is 22.0. The molecule has 0 aliphatic carbocycles. The van der Waals surface area contributed by atoms with Crippen LogP contribution in [0.15, 0.2) is 89.8 Å². The monoisotopic (exact) mass is 530 g/mol. The Bertz CT molecular complexity index is 1310. The van der Waals surface area contributed by atoms with Crippen molar-refractivity contribution in [3.8, 4) is 0 Å². The number of rotatable bonds is 9. The summed E-state index contributed by atoms with van der Waals surface area (Å²) in [5.41, 5.74) is 3.10. The molecule has 0 N–H and O–H groups in total. The van der Waals surface area contributed by atoms with Crippen LogP contribution in [0.4, 0.5) is 5.69 Å². The maximum Gasteiger partial charge on any atom is 0.337 e. The van der Waals surface area contributed by atoms with E-state index < -0.39 is 5.97 Å². The van der Waals surface area contributed by atoms with Crippen molar-refractivity contribution in [1.82, 2.24) is 4.90 Å². The van der Waals surface area contributed by atoms with Crippen molar-refractivity contribution < 1.29 is 19.1 Å². The van der Waals surface area contributed by atoms with E-state index in [1.54, 1.807) is 40.1 Å². The van der Waals surface area contributed by atoms with E-state index in [2.05, 4.69) is 0 Å². The Morgan fingerprint density at radius 2 is 1.62 bits per heavy atom. The second-order valence-electron chi connectivity index (χ2n) is 8.35. The van der Waals surface area contributed by atoms with E-state index in [9.17, 15) is 14.4 Å². The van der Waals surface area contributed by atoms with E-state index in [0.717, 1.165) is 16.8 Å². The molecule has 0 bridgehead atoms. The van der Waals surface area contributed by atoms with Gasteiger partial charge in [-0.1, -0.05) is 84.6 Å². The molecular weight excluding hydrogens is 504 g/mol. The van der Waals surface area contributed by atoms with Crippen LogP contribution in [0.2, 0.25) is 0 Å². The Kier molecular flexibility index (Phi) is 8.87. The minimum absolute atomic E-state index is 0.0123. The highest BCUT2D eigenvalue weighted by Crippen LogP contribution is 2.33. The summed E-state index contributed by atoms with van der Waals surface area (Å²) in [6.45, 7) is 0.839. The maximum atomic E-state index is 13.2. The number of nitrogens with zero attached hydrogens (tertiary/aromatic N) is 2. The van der Waals surface area contributed by atoms with Crippen LogP contribution >= 0.6 is 24.0 Å². The largest absolute Gasteiger partial charge is 0.465 e. The molecule has 1 aliphatic rings. The van der Waals surface area contributed by atoms with Crippen LogP contribution < -0.4 is 4.90 Å². The fourth-order valence-electron chi connectivity index (χ4n) is 3.90. The van der Waals surface area contributed by atoms with E-state index in [1.807, 2.05) is 60.7 Å². The van der Waals surface area contributed by atoms with Crippen LogP contribution in [0.1, 0.15) is 34.3 Å². The van der Waals surface area contributed by atoms with Gasteiger partial charge in [-0.25, -0.2) is 4.79 Å². The Morgan fingerprint density at radius 3 is 2.27 bits per heavy atom. The van der Waals surface area contributed by atoms with Crippen LogP contribution in [0, 0.1) is 0 Å². The van der Waals surface area contributed by atoms with Gasteiger partial charge in [0.05, 0.1) is 24.1 Å². The summed E-state index contributed by atoms with van der Waals surface area (Å²) in [6, 6.07) is 26.3. The van der Waals surface area contributed by atoms with Crippen LogP contribution in [0.3, 0.4) is 0 Å². The van der Waals surface area contributed by atoms with Crippen LogP contribution in [-0.2, 0) is 20.9 Å². The molecule has 4 rings (SSSR count). The first-order chi connectivity index (χ1) is 18.0. The molecular formula is C29H26N2O4S2. The first-order valence-corrected chi connectivity index (χ1v) is 13.0. The maximum absolute atomic E-state index is 13.2. The van der Waals surface area contributed by atoms with Crippen molar-refractivity contribution in [3.05, 3.63) is 107 Å². The molecule has 0 saturated carbocycles. The Morgan fingerprint density at radius 1 is 0.973 bits per heavy atom. The number of amides is 2. The van der Waals surface area contributed by atoms with Crippen molar-refractivity contribution in [2.24, 2.45) is 0 Å². The zero-order chi connectivity index (χ0) is 26.2. The highest BCUT2D eigenvalue weighted by molar-refractivity contribution is 8.26. The number of carbonyl (C=O) groups is 3. The SMILES string of the molecule is COC(=O)c1ccc(/C=C2\SC(=S)N(CCCC(=O)N(Cc3ccccc3)c3ccccc3)C2=O)cc1. The normalized spacial score (nSPS) is 14.2.